The molecule has 38 heavy (non-hydrogen) atoms. The quantitative estimate of drug-likeness (QED) is 0.0738. The van der Waals surface area contributed by atoms with Gasteiger partial charge in [-0.3, -0.25) is 0 Å². The molecule has 10 heteroatoms. The van der Waals surface area contributed by atoms with E-state index in [9.17, 15) is 14.4 Å². The summed E-state index contributed by atoms with van der Waals surface area (Å²) >= 11 is 0. The molecule has 10 nitrogen and oxygen atoms in total. The second-order valence-electron chi connectivity index (χ2n) is 7.82. The zero-order chi connectivity index (χ0) is 29.9. The molecule has 0 rings (SSSR count). The Bertz CT molecular complexity index is 680. The molecule has 0 aliphatic heterocycles. The second-order valence-corrected chi connectivity index (χ2v) is 7.82. The molecule has 0 heterocycles. The third-order valence-electron chi connectivity index (χ3n) is 3.86. The van der Waals surface area contributed by atoms with Crippen LogP contribution >= 0.6 is 0 Å². The molecule has 0 aromatic rings. The molecule has 0 radical (unpaired) electrons. The van der Waals surface area contributed by atoms with Gasteiger partial charge in [0.25, 0.3) is 0 Å². The van der Waals surface area contributed by atoms with Gasteiger partial charge in [-0.25, -0.2) is 14.4 Å². The van der Waals surface area contributed by atoms with Crippen molar-refractivity contribution in [2.75, 3.05) is 26.4 Å². The largest absolute Gasteiger partial charge is 0.502 e. The Morgan fingerprint density at radius 2 is 0.947 bits per heavy atom. The maximum absolute atomic E-state index is 11.2. The minimum Gasteiger partial charge on any atom is -0.502 e. The molecule has 0 saturated carbocycles. The van der Waals surface area contributed by atoms with Crippen LogP contribution in [-0.4, -0.2) is 62.0 Å². The van der Waals surface area contributed by atoms with Crippen LogP contribution in [0, 0.1) is 0 Å². The lowest BCUT2D eigenvalue weighted by atomic mass is 10.3. The highest BCUT2D eigenvalue weighted by Gasteiger charge is 2.11. The van der Waals surface area contributed by atoms with Gasteiger partial charge in [-0.05, 0) is 60.3 Å². The number of carboxylic acids is 1. The monoisotopic (exact) mass is 542 g/mol. The summed E-state index contributed by atoms with van der Waals surface area (Å²) in [5, 5.41) is 7.89. The van der Waals surface area contributed by atoms with Gasteiger partial charge in [0.2, 0.25) is 0 Å². The van der Waals surface area contributed by atoms with Gasteiger partial charge in [0.15, 0.2) is 12.6 Å². The molecule has 2 atom stereocenters. The van der Waals surface area contributed by atoms with Crippen LogP contribution in [-0.2, 0) is 42.8 Å². The van der Waals surface area contributed by atoms with Crippen molar-refractivity contribution in [1.82, 2.24) is 0 Å². The summed E-state index contributed by atoms with van der Waals surface area (Å²) < 4.78 is 30.4. The standard InChI is InChI=1S/C16H26O6.C8H14O2.C4H6O2/c1-11(2)15(17)21-13(5)19-9-7-8-10-20-14(6)22-16(18)12(3)4;1-3-9-7-5-6-8-10-4-2;1-3(2)4(5)6/h13-14H,1,3,7-10H2,2,4-6H3;3-4H,1-2,5-8H2;1H2,2H3,(H,5,6). The van der Waals surface area contributed by atoms with Crippen LogP contribution in [0.15, 0.2) is 62.1 Å². The van der Waals surface area contributed by atoms with E-state index in [0.29, 0.717) is 24.4 Å². The van der Waals surface area contributed by atoms with E-state index < -0.39 is 30.5 Å². The number of carbonyl (C=O) groups excluding carboxylic acids is 2. The Kier molecular flexibility index (Phi) is 27.5. The molecule has 218 valence electrons. The van der Waals surface area contributed by atoms with Crippen LogP contribution in [0.4, 0.5) is 0 Å². The second kappa shape index (κ2) is 26.7. The maximum atomic E-state index is 11.2. The normalized spacial score (nSPS) is 11.0. The number of rotatable bonds is 19. The Labute approximate surface area is 227 Å². The summed E-state index contributed by atoms with van der Waals surface area (Å²) in [5.74, 6) is -1.87. The number of carbonyl (C=O) groups is 3. The minimum atomic E-state index is -0.935. The van der Waals surface area contributed by atoms with E-state index in [4.69, 9.17) is 33.5 Å². The zero-order valence-electron chi connectivity index (χ0n) is 23.6. The molecule has 0 aliphatic rings. The number of carboxylic acid groups (broad SMARTS) is 1. The first-order valence-electron chi connectivity index (χ1n) is 12.1. The highest BCUT2D eigenvalue weighted by molar-refractivity contribution is 5.87. The van der Waals surface area contributed by atoms with Crippen LogP contribution < -0.4 is 0 Å². The van der Waals surface area contributed by atoms with Crippen molar-refractivity contribution in [1.29, 1.82) is 0 Å². The smallest absolute Gasteiger partial charge is 0.335 e. The first kappa shape index (κ1) is 39.1. The van der Waals surface area contributed by atoms with E-state index in [-0.39, 0.29) is 5.57 Å². The van der Waals surface area contributed by atoms with Crippen molar-refractivity contribution in [3.8, 4) is 0 Å². The summed E-state index contributed by atoms with van der Waals surface area (Å²) in [6.45, 7) is 27.2. The first-order chi connectivity index (χ1) is 17.8. The molecule has 0 bridgehead atoms. The number of esters is 2. The SMILES string of the molecule is C=C(C)C(=O)O.C=C(C)C(=O)OC(C)OCCCCOC(C)OC(=O)C(=C)C.C=COCCCCOC=C. The lowest BCUT2D eigenvalue weighted by Crippen LogP contribution is -2.20. The van der Waals surface area contributed by atoms with Crippen molar-refractivity contribution in [2.45, 2.75) is 72.9 Å². The van der Waals surface area contributed by atoms with Crippen molar-refractivity contribution in [2.24, 2.45) is 0 Å². The third kappa shape index (κ3) is 30.7. The highest BCUT2D eigenvalue weighted by Crippen LogP contribution is 2.04. The van der Waals surface area contributed by atoms with Crippen LogP contribution in [0.5, 0.6) is 0 Å². The molecule has 2 unspecified atom stereocenters. The van der Waals surface area contributed by atoms with Crippen LogP contribution in [0.2, 0.25) is 0 Å². The van der Waals surface area contributed by atoms with Crippen molar-refractivity contribution in [3.63, 3.8) is 0 Å². The Morgan fingerprint density at radius 3 is 1.18 bits per heavy atom. The number of hydrogen-bond donors (Lipinski definition) is 1. The molecule has 0 aromatic carbocycles. The molecular weight excluding hydrogens is 496 g/mol. The first-order valence-corrected chi connectivity index (χ1v) is 12.1. The van der Waals surface area contributed by atoms with E-state index in [1.807, 2.05) is 0 Å². The van der Waals surface area contributed by atoms with Crippen molar-refractivity contribution in [3.05, 3.63) is 62.1 Å². The Morgan fingerprint density at radius 1 is 0.658 bits per heavy atom. The summed E-state index contributed by atoms with van der Waals surface area (Å²) in [6.07, 6.45) is 5.15. The van der Waals surface area contributed by atoms with Gasteiger partial charge >= 0.3 is 17.9 Å². The van der Waals surface area contributed by atoms with E-state index in [1.165, 1.54) is 19.4 Å². The fourth-order valence-electron chi connectivity index (χ4n) is 1.81. The average molecular weight is 543 g/mol. The number of unbranched alkanes of at least 4 members (excludes halogenated alkanes) is 2. The topological polar surface area (TPSA) is 127 Å². The molecule has 0 aromatic heterocycles. The summed E-state index contributed by atoms with van der Waals surface area (Å²) in [6, 6.07) is 0. The Balaban J connectivity index is -0.000000627. The molecule has 0 spiro atoms. The number of ether oxygens (including phenoxy) is 6. The summed E-state index contributed by atoms with van der Waals surface area (Å²) in [4.78, 5) is 32.1. The molecule has 0 aliphatic carbocycles. The zero-order valence-corrected chi connectivity index (χ0v) is 23.6. The predicted octanol–water partition coefficient (Wildman–Crippen LogP) is 5.46. The van der Waals surface area contributed by atoms with Gasteiger partial charge in [0, 0.05) is 16.7 Å². The van der Waals surface area contributed by atoms with Crippen molar-refractivity contribution >= 4 is 17.9 Å². The van der Waals surface area contributed by atoms with Crippen molar-refractivity contribution < 1.29 is 47.9 Å². The molecule has 0 saturated heterocycles. The van der Waals surface area contributed by atoms with Gasteiger partial charge in [0.1, 0.15) is 0 Å². The summed E-state index contributed by atoms with van der Waals surface area (Å²) in [7, 11) is 0. The fourth-order valence-corrected chi connectivity index (χ4v) is 1.81. The van der Waals surface area contributed by atoms with Gasteiger partial charge < -0.3 is 33.5 Å². The van der Waals surface area contributed by atoms with Gasteiger partial charge in [-0.2, -0.15) is 0 Å². The lowest BCUT2D eigenvalue weighted by molar-refractivity contribution is -0.173. The van der Waals surface area contributed by atoms with Crippen LogP contribution in [0.3, 0.4) is 0 Å². The maximum Gasteiger partial charge on any atom is 0.335 e. The van der Waals surface area contributed by atoms with Crippen LogP contribution in [0.1, 0.15) is 60.3 Å². The summed E-state index contributed by atoms with van der Waals surface area (Å²) in [5.41, 5.74) is 0.847. The molecule has 1 N–H and O–H groups in total. The molecule has 0 amide bonds. The third-order valence-corrected chi connectivity index (χ3v) is 3.86. The van der Waals surface area contributed by atoms with Gasteiger partial charge in [-0.15, -0.1) is 0 Å². The Hall–Kier alpha value is -3.37. The number of hydrogen-bond acceptors (Lipinski definition) is 9. The van der Waals surface area contributed by atoms with Crippen LogP contribution in [0.25, 0.3) is 0 Å². The van der Waals surface area contributed by atoms with E-state index in [2.05, 4.69) is 32.9 Å². The van der Waals surface area contributed by atoms with Gasteiger partial charge in [0.05, 0.1) is 39.0 Å². The molecule has 0 fully saturated rings. The number of aliphatic carboxylic acids is 1. The van der Waals surface area contributed by atoms with E-state index in [1.54, 1.807) is 27.7 Å². The van der Waals surface area contributed by atoms with Gasteiger partial charge in [-0.1, -0.05) is 32.9 Å². The lowest BCUT2D eigenvalue weighted by Gasteiger charge is -2.15. The fraction of sp³-hybridized carbons (Fsp3) is 0.536. The van der Waals surface area contributed by atoms with E-state index >= 15 is 0 Å². The average Bonchev–Trinajstić information content (AvgIpc) is 2.84. The minimum absolute atomic E-state index is 0.176. The highest BCUT2D eigenvalue weighted by atomic mass is 16.7. The molecular formula is C28H46O10. The predicted molar refractivity (Wildman–Crippen MR) is 146 cm³/mol. The van der Waals surface area contributed by atoms with E-state index in [0.717, 1.165) is 38.9 Å².